The van der Waals surface area contributed by atoms with Crippen molar-refractivity contribution in [2.75, 3.05) is 0 Å². The van der Waals surface area contributed by atoms with Crippen molar-refractivity contribution in [1.29, 1.82) is 0 Å². The van der Waals surface area contributed by atoms with Gasteiger partial charge in [-0.15, -0.1) is 16.4 Å². The number of thiophene rings is 1. The van der Waals surface area contributed by atoms with Gasteiger partial charge < -0.3 is 0 Å². The van der Waals surface area contributed by atoms with Crippen molar-refractivity contribution < 1.29 is 13.2 Å². The van der Waals surface area contributed by atoms with Crippen LogP contribution in [0, 0.1) is 6.92 Å². The Morgan fingerprint density at radius 3 is 2.68 bits per heavy atom. The molecule has 7 rings (SSSR count). The van der Waals surface area contributed by atoms with Crippen molar-refractivity contribution in [3.05, 3.63) is 66.4 Å². The minimum absolute atomic E-state index is 0.266. The summed E-state index contributed by atoms with van der Waals surface area (Å²) >= 11 is 1.13. The lowest BCUT2D eigenvalue weighted by molar-refractivity contribution is -0.141. The number of rotatable bonds is 3. The zero-order chi connectivity index (χ0) is 26.2. The van der Waals surface area contributed by atoms with Crippen LogP contribution in [0.2, 0.25) is 0 Å². The van der Waals surface area contributed by atoms with Gasteiger partial charge in [0.2, 0.25) is 0 Å². The molecule has 0 radical (unpaired) electrons. The van der Waals surface area contributed by atoms with E-state index in [9.17, 15) is 13.2 Å². The molecule has 188 valence electrons. The first-order valence-electron chi connectivity index (χ1n) is 11.8. The van der Waals surface area contributed by atoms with E-state index in [2.05, 4.69) is 20.2 Å². The van der Waals surface area contributed by atoms with Gasteiger partial charge in [-0.3, -0.25) is 4.68 Å². The molecule has 0 spiro atoms. The number of nitrogens with zero attached hydrogens (tertiary/aromatic N) is 8. The molecule has 12 heteroatoms. The summed E-state index contributed by atoms with van der Waals surface area (Å²) in [5.74, 6) is 0.458. The molecule has 0 aliphatic carbocycles. The van der Waals surface area contributed by atoms with Crippen molar-refractivity contribution in [2.45, 2.75) is 26.6 Å². The Labute approximate surface area is 216 Å². The Balaban J connectivity index is 1.46. The van der Waals surface area contributed by atoms with Gasteiger partial charge in [0.15, 0.2) is 11.5 Å². The molecule has 8 nitrogen and oxygen atoms in total. The van der Waals surface area contributed by atoms with Crippen molar-refractivity contribution in [3.8, 4) is 22.6 Å². The Bertz CT molecular complexity index is 2040. The molecule has 0 fully saturated rings. The number of hydrogen-bond acceptors (Lipinski definition) is 7. The summed E-state index contributed by atoms with van der Waals surface area (Å²) in [6.07, 6.45) is 0.713. The van der Waals surface area contributed by atoms with E-state index in [-0.39, 0.29) is 4.83 Å². The zero-order valence-electron chi connectivity index (χ0n) is 20.0. The first-order chi connectivity index (χ1) is 18.3. The fourth-order valence-electron chi connectivity index (χ4n) is 4.65. The molecule has 0 aliphatic heterocycles. The largest absolute Gasteiger partial charge is 0.433 e. The van der Waals surface area contributed by atoms with Gasteiger partial charge in [0.25, 0.3) is 0 Å². The van der Waals surface area contributed by atoms with Crippen molar-refractivity contribution >= 4 is 48.3 Å². The predicted molar refractivity (Wildman–Crippen MR) is 139 cm³/mol. The number of hydrogen-bond donors (Lipinski definition) is 0. The van der Waals surface area contributed by atoms with Crippen molar-refractivity contribution in [3.63, 3.8) is 0 Å². The van der Waals surface area contributed by atoms with Gasteiger partial charge in [-0.05, 0) is 37.6 Å². The van der Waals surface area contributed by atoms with Crippen LogP contribution in [0.4, 0.5) is 13.2 Å². The first kappa shape index (κ1) is 22.7. The second-order valence-corrected chi connectivity index (χ2v) is 9.89. The minimum atomic E-state index is -4.53. The molecule has 0 aliphatic rings. The van der Waals surface area contributed by atoms with Gasteiger partial charge in [0, 0.05) is 34.6 Å². The normalized spacial score (nSPS) is 12.4. The highest BCUT2D eigenvalue weighted by Crippen LogP contribution is 2.39. The Hall–Kier alpha value is -4.45. The summed E-state index contributed by atoms with van der Waals surface area (Å²) in [5.41, 5.74) is 3.77. The third kappa shape index (κ3) is 3.44. The van der Waals surface area contributed by atoms with E-state index >= 15 is 0 Å². The minimum Gasteiger partial charge on any atom is -0.272 e. The molecule has 38 heavy (non-hydrogen) atoms. The molecule has 0 unspecified atom stereocenters. The van der Waals surface area contributed by atoms with E-state index in [1.165, 1.54) is 6.33 Å². The van der Waals surface area contributed by atoms with E-state index in [0.717, 1.165) is 51.7 Å². The smallest absolute Gasteiger partial charge is 0.272 e. The molecule has 0 bridgehead atoms. The van der Waals surface area contributed by atoms with Crippen molar-refractivity contribution in [1.82, 2.24) is 39.3 Å². The van der Waals surface area contributed by atoms with Crippen LogP contribution < -0.4 is 0 Å². The Kier molecular flexibility index (Phi) is 4.80. The van der Waals surface area contributed by atoms with E-state index in [4.69, 9.17) is 9.97 Å². The summed E-state index contributed by atoms with van der Waals surface area (Å²) in [5, 5.41) is 10.5. The first-order valence-corrected chi connectivity index (χ1v) is 12.6. The Morgan fingerprint density at radius 2 is 1.89 bits per heavy atom. The second-order valence-electron chi connectivity index (χ2n) is 8.89. The highest BCUT2D eigenvalue weighted by molar-refractivity contribution is 7.26. The average molecular weight is 531 g/mol. The quantitative estimate of drug-likeness (QED) is 0.266. The maximum absolute atomic E-state index is 13.4. The number of aryl methyl sites for hydroxylation is 2. The van der Waals surface area contributed by atoms with E-state index in [0.29, 0.717) is 32.6 Å². The monoisotopic (exact) mass is 530 g/mol. The van der Waals surface area contributed by atoms with E-state index < -0.39 is 11.9 Å². The number of pyridine rings is 2. The maximum Gasteiger partial charge on any atom is 0.433 e. The van der Waals surface area contributed by atoms with Crippen LogP contribution in [0.5, 0.6) is 0 Å². The number of benzene rings is 1. The number of alkyl halides is 3. The fourth-order valence-corrected chi connectivity index (χ4v) is 5.83. The average Bonchev–Trinajstić information content (AvgIpc) is 3.63. The van der Waals surface area contributed by atoms with Crippen LogP contribution >= 0.6 is 11.3 Å². The van der Waals surface area contributed by atoms with Crippen LogP contribution in [0.15, 0.2) is 55.1 Å². The summed E-state index contributed by atoms with van der Waals surface area (Å²) in [4.78, 5) is 18.3. The second kappa shape index (κ2) is 8.02. The lowest BCUT2D eigenvalue weighted by Crippen LogP contribution is -2.07. The van der Waals surface area contributed by atoms with Crippen LogP contribution in [0.3, 0.4) is 0 Å². The highest BCUT2D eigenvalue weighted by Gasteiger charge is 2.33. The maximum atomic E-state index is 13.4. The SMILES string of the molecule is CCn1cc(-c2cc(-c3nc4c5sc6nc(C(F)(F)F)cc(C)c6c5ncn4n3)c3ccccc3n2)cn1. The number of aromatic nitrogens is 8. The van der Waals surface area contributed by atoms with E-state index in [1.54, 1.807) is 17.6 Å². The number of halogens is 3. The molecule has 6 aromatic heterocycles. The molecular formula is C26H17F3N8S. The lowest BCUT2D eigenvalue weighted by atomic mass is 10.1. The molecule has 0 atom stereocenters. The lowest BCUT2D eigenvalue weighted by Gasteiger charge is -2.06. The molecule has 1 aromatic carbocycles. The number of para-hydroxylation sites is 1. The predicted octanol–water partition coefficient (Wildman–Crippen LogP) is 6.31. The fraction of sp³-hybridized carbons (Fsp3) is 0.154. The van der Waals surface area contributed by atoms with E-state index in [1.807, 2.05) is 48.1 Å². The van der Waals surface area contributed by atoms with Gasteiger partial charge in [0.05, 0.1) is 22.9 Å². The molecular weight excluding hydrogens is 513 g/mol. The Morgan fingerprint density at radius 1 is 1.05 bits per heavy atom. The molecule has 0 saturated carbocycles. The number of fused-ring (bicyclic) bond motifs is 6. The third-order valence-corrected chi connectivity index (χ3v) is 7.53. The topological polar surface area (TPSA) is 86.7 Å². The van der Waals surface area contributed by atoms with Crippen LogP contribution in [0.25, 0.3) is 59.6 Å². The summed E-state index contributed by atoms with van der Waals surface area (Å²) in [6.45, 7) is 4.39. The molecule has 0 saturated heterocycles. The molecule has 7 aromatic rings. The summed E-state index contributed by atoms with van der Waals surface area (Å²) in [7, 11) is 0. The van der Waals surface area contributed by atoms with Crippen LogP contribution in [0.1, 0.15) is 18.2 Å². The molecule has 0 N–H and O–H groups in total. The standard InChI is InChI=1S/C26H17F3N8S/c1-3-36-11-14(10-31-36)18-9-16(15-6-4-5-7-17(15)32-18)23-34-24-22-21(30-12-37(24)35-23)20-13(2)8-19(26(27,28)29)33-25(20)38-22/h4-12H,3H2,1-2H3. The summed E-state index contributed by atoms with van der Waals surface area (Å²) < 4.78 is 44.2. The zero-order valence-corrected chi connectivity index (χ0v) is 20.8. The van der Waals surface area contributed by atoms with Gasteiger partial charge in [0.1, 0.15) is 21.6 Å². The van der Waals surface area contributed by atoms with Gasteiger partial charge in [-0.1, -0.05) is 18.2 Å². The molecule has 0 amide bonds. The van der Waals surface area contributed by atoms with Crippen LogP contribution in [-0.2, 0) is 12.7 Å². The van der Waals surface area contributed by atoms with Gasteiger partial charge in [-0.25, -0.2) is 24.5 Å². The van der Waals surface area contributed by atoms with Gasteiger partial charge in [-0.2, -0.15) is 18.3 Å². The van der Waals surface area contributed by atoms with Crippen LogP contribution in [-0.4, -0.2) is 39.3 Å². The molecule has 6 heterocycles. The highest BCUT2D eigenvalue weighted by atomic mass is 32.1. The third-order valence-electron chi connectivity index (χ3n) is 6.47. The summed E-state index contributed by atoms with van der Waals surface area (Å²) in [6, 6.07) is 10.7. The van der Waals surface area contributed by atoms with Gasteiger partial charge >= 0.3 is 6.18 Å². The van der Waals surface area contributed by atoms with Crippen molar-refractivity contribution in [2.24, 2.45) is 0 Å².